The van der Waals surface area contributed by atoms with Crippen molar-refractivity contribution in [3.05, 3.63) is 64.3 Å². The molecule has 0 aliphatic carbocycles. The number of benzene rings is 2. The van der Waals surface area contributed by atoms with Gasteiger partial charge in [-0.25, -0.2) is 9.97 Å². The van der Waals surface area contributed by atoms with Crippen LogP contribution in [-0.4, -0.2) is 14.9 Å². The fourth-order valence-electron chi connectivity index (χ4n) is 2.10. The normalized spacial score (nSPS) is 10.7. The van der Waals surface area contributed by atoms with Crippen LogP contribution in [0.4, 0.5) is 5.69 Å². The number of hydrogen-bond donors (Lipinski definition) is 0. The zero-order valence-corrected chi connectivity index (χ0v) is 10.8. The maximum Gasteiger partial charge on any atom is 0.269 e. The topological polar surface area (TPSA) is 68.9 Å². The highest BCUT2D eigenvalue weighted by molar-refractivity contribution is 5.82. The zero-order valence-electron chi connectivity index (χ0n) is 10.8. The highest BCUT2D eigenvalue weighted by Gasteiger charge is 2.09. The number of non-ortho nitro benzene ring substituents is 1. The Hall–Kier alpha value is -2.82. The van der Waals surface area contributed by atoms with E-state index in [1.807, 2.05) is 31.2 Å². The quantitative estimate of drug-likeness (QED) is 0.525. The molecule has 0 amide bonds. The van der Waals surface area contributed by atoms with Gasteiger partial charge in [0.05, 0.1) is 10.4 Å². The predicted octanol–water partition coefficient (Wildman–Crippen LogP) is 3.51. The van der Waals surface area contributed by atoms with E-state index in [9.17, 15) is 10.1 Å². The average molecular weight is 265 g/mol. The molecular weight excluding hydrogens is 254 g/mol. The van der Waals surface area contributed by atoms with Crippen LogP contribution in [0.2, 0.25) is 0 Å². The number of rotatable bonds is 2. The molecular formula is C15H11N3O2. The van der Waals surface area contributed by atoms with Crippen LogP contribution in [0.5, 0.6) is 0 Å². The van der Waals surface area contributed by atoms with Crippen LogP contribution in [0.15, 0.2) is 48.5 Å². The second-order valence-electron chi connectivity index (χ2n) is 4.45. The summed E-state index contributed by atoms with van der Waals surface area (Å²) < 4.78 is 0. The summed E-state index contributed by atoms with van der Waals surface area (Å²) in [5.74, 6) is 0.580. The van der Waals surface area contributed by atoms with E-state index in [1.54, 1.807) is 12.1 Å². The molecule has 0 bridgehead atoms. The second kappa shape index (κ2) is 4.70. The van der Waals surface area contributed by atoms with E-state index >= 15 is 0 Å². The lowest BCUT2D eigenvalue weighted by molar-refractivity contribution is -0.384. The summed E-state index contributed by atoms with van der Waals surface area (Å²) in [6.45, 7) is 1.93. The zero-order chi connectivity index (χ0) is 14.1. The Morgan fingerprint density at radius 3 is 2.40 bits per heavy atom. The van der Waals surface area contributed by atoms with Crippen molar-refractivity contribution in [2.45, 2.75) is 6.92 Å². The van der Waals surface area contributed by atoms with Gasteiger partial charge in [0.1, 0.15) is 0 Å². The molecule has 0 N–H and O–H groups in total. The summed E-state index contributed by atoms with van der Waals surface area (Å²) in [6, 6.07) is 14.0. The van der Waals surface area contributed by atoms with Crippen molar-refractivity contribution >= 4 is 16.6 Å². The number of hydrogen-bond acceptors (Lipinski definition) is 4. The van der Waals surface area contributed by atoms with Gasteiger partial charge >= 0.3 is 0 Å². The third kappa shape index (κ3) is 2.09. The standard InChI is InChI=1S/C15H11N3O2/c1-10-13-4-2-3-5-14(13)17-15(16-10)11-6-8-12(9-7-11)18(19)20/h2-9H,1H3. The molecule has 0 aliphatic heterocycles. The van der Waals surface area contributed by atoms with Crippen LogP contribution in [0, 0.1) is 17.0 Å². The van der Waals surface area contributed by atoms with E-state index in [2.05, 4.69) is 9.97 Å². The molecule has 20 heavy (non-hydrogen) atoms. The summed E-state index contributed by atoms with van der Waals surface area (Å²) in [6.07, 6.45) is 0. The molecule has 98 valence electrons. The van der Waals surface area contributed by atoms with Crippen LogP contribution in [0.1, 0.15) is 5.69 Å². The van der Waals surface area contributed by atoms with E-state index < -0.39 is 4.92 Å². The van der Waals surface area contributed by atoms with Crippen molar-refractivity contribution < 1.29 is 4.92 Å². The Balaban J connectivity index is 2.12. The monoisotopic (exact) mass is 265 g/mol. The van der Waals surface area contributed by atoms with Gasteiger partial charge in [0.2, 0.25) is 0 Å². The van der Waals surface area contributed by atoms with Gasteiger partial charge in [-0.3, -0.25) is 10.1 Å². The summed E-state index contributed by atoms with van der Waals surface area (Å²) in [5, 5.41) is 11.7. The van der Waals surface area contributed by atoms with Crippen molar-refractivity contribution in [1.29, 1.82) is 0 Å². The SMILES string of the molecule is Cc1nc(-c2ccc([N+](=O)[O-])cc2)nc2ccccc12. The molecule has 0 aliphatic rings. The molecule has 0 saturated carbocycles. The fourth-order valence-corrected chi connectivity index (χ4v) is 2.10. The minimum absolute atomic E-state index is 0.0614. The third-order valence-corrected chi connectivity index (χ3v) is 3.13. The number of para-hydroxylation sites is 1. The van der Waals surface area contributed by atoms with Crippen LogP contribution >= 0.6 is 0 Å². The molecule has 0 unspecified atom stereocenters. The fraction of sp³-hybridized carbons (Fsp3) is 0.0667. The Morgan fingerprint density at radius 1 is 1.00 bits per heavy atom. The van der Waals surface area contributed by atoms with Gasteiger partial charge in [-0.2, -0.15) is 0 Å². The van der Waals surface area contributed by atoms with Crippen LogP contribution in [0.3, 0.4) is 0 Å². The summed E-state index contributed by atoms with van der Waals surface area (Å²) >= 11 is 0. The number of nitro groups is 1. The molecule has 0 fully saturated rings. The lowest BCUT2D eigenvalue weighted by Gasteiger charge is -2.05. The Morgan fingerprint density at radius 2 is 1.70 bits per heavy atom. The third-order valence-electron chi connectivity index (χ3n) is 3.13. The number of aromatic nitrogens is 2. The number of aryl methyl sites for hydroxylation is 1. The molecule has 0 spiro atoms. The largest absolute Gasteiger partial charge is 0.269 e. The van der Waals surface area contributed by atoms with Crippen LogP contribution in [-0.2, 0) is 0 Å². The lowest BCUT2D eigenvalue weighted by Crippen LogP contribution is -1.94. The van der Waals surface area contributed by atoms with Gasteiger partial charge in [0.15, 0.2) is 5.82 Å². The van der Waals surface area contributed by atoms with Crippen LogP contribution in [0.25, 0.3) is 22.3 Å². The summed E-state index contributed by atoms with van der Waals surface area (Å²) in [4.78, 5) is 19.2. The molecule has 1 heterocycles. The first-order valence-electron chi connectivity index (χ1n) is 6.13. The minimum atomic E-state index is -0.420. The molecule has 3 rings (SSSR count). The first-order chi connectivity index (χ1) is 9.65. The molecule has 5 heteroatoms. The maximum atomic E-state index is 10.7. The lowest BCUT2D eigenvalue weighted by atomic mass is 10.1. The predicted molar refractivity (Wildman–Crippen MR) is 76.4 cm³/mol. The first kappa shape index (κ1) is 12.2. The Labute approximate surface area is 115 Å². The van der Waals surface area contributed by atoms with E-state index in [0.29, 0.717) is 5.82 Å². The van der Waals surface area contributed by atoms with Gasteiger partial charge in [-0.05, 0) is 25.1 Å². The van der Waals surface area contributed by atoms with Crippen molar-refractivity contribution in [1.82, 2.24) is 9.97 Å². The maximum absolute atomic E-state index is 10.7. The highest BCUT2D eigenvalue weighted by Crippen LogP contribution is 2.23. The number of fused-ring (bicyclic) bond motifs is 1. The Kier molecular flexibility index (Phi) is 2.87. The van der Waals surface area contributed by atoms with Crippen molar-refractivity contribution in [2.75, 3.05) is 0 Å². The summed E-state index contributed by atoms with van der Waals surface area (Å²) in [7, 11) is 0. The van der Waals surface area contributed by atoms with Gasteiger partial charge < -0.3 is 0 Å². The second-order valence-corrected chi connectivity index (χ2v) is 4.45. The number of nitrogens with zero attached hydrogens (tertiary/aromatic N) is 3. The van der Waals surface area contributed by atoms with Crippen molar-refractivity contribution in [3.8, 4) is 11.4 Å². The molecule has 5 nitrogen and oxygen atoms in total. The van der Waals surface area contributed by atoms with E-state index in [0.717, 1.165) is 22.2 Å². The smallest absolute Gasteiger partial charge is 0.258 e. The average Bonchev–Trinajstić information content (AvgIpc) is 2.47. The van der Waals surface area contributed by atoms with E-state index in [1.165, 1.54) is 12.1 Å². The van der Waals surface area contributed by atoms with Gasteiger partial charge in [-0.15, -0.1) is 0 Å². The van der Waals surface area contributed by atoms with E-state index in [4.69, 9.17) is 0 Å². The number of nitro benzene ring substituents is 1. The molecule has 3 aromatic rings. The highest BCUT2D eigenvalue weighted by atomic mass is 16.6. The van der Waals surface area contributed by atoms with Crippen molar-refractivity contribution in [3.63, 3.8) is 0 Å². The first-order valence-corrected chi connectivity index (χ1v) is 6.13. The minimum Gasteiger partial charge on any atom is -0.258 e. The van der Waals surface area contributed by atoms with Gasteiger partial charge in [0.25, 0.3) is 5.69 Å². The molecule has 2 aromatic carbocycles. The Bertz CT molecular complexity index is 798. The molecule has 0 atom stereocenters. The van der Waals surface area contributed by atoms with Crippen LogP contribution < -0.4 is 0 Å². The van der Waals surface area contributed by atoms with Crippen molar-refractivity contribution in [2.24, 2.45) is 0 Å². The summed E-state index contributed by atoms with van der Waals surface area (Å²) in [5.41, 5.74) is 2.59. The van der Waals surface area contributed by atoms with E-state index in [-0.39, 0.29) is 5.69 Å². The molecule has 1 aromatic heterocycles. The molecule has 0 radical (unpaired) electrons. The van der Waals surface area contributed by atoms with Gasteiger partial charge in [0, 0.05) is 28.8 Å². The molecule has 0 saturated heterocycles. The van der Waals surface area contributed by atoms with Gasteiger partial charge in [-0.1, -0.05) is 18.2 Å².